The van der Waals surface area contributed by atoms with Crippen LogP contribution in [0.5, 0.6) is 0 Å². The van der Waals surface area contributed by atoms with Crippen LogP contribution in [0.3, 0.4) is 0 Å². The van der Waals surface area contributed by atoms with Gasteiger partial charge in [-0.3, -0.25) is 14.6 Å². The second kappa shape index (κ2) is 8.90. The zero-order valence-corrected chi connectivity index (χ0v) is 17.6. The predicted octanol–water partition coefficient (Wildman–Crippen LogP) is 2.63. The van der Waals surface area contributed by atoms with E-state index in [1.54, 1.807) is 23.5 Å². The van der Waals surface area contributed by atoms with E-state index in [0.717, 1.165) is 31.6 Å². The number of nitrogens with one attached hydrogen (secondary N) is 1. The Kier molecular flexibility index (Phi) is 5.86. The van der Waals surface area contributed by atoms with E-state index in [1.165, 1.54) is 38.8 Å². The number of hydrogen-bond acceptors (Lipinski definition) is 5. The number of carbonyl (C=O) groups excluding carboxylic acids is 1. The van der Waals surface area contributed by atoms with Crippen molar-refractivity contribution in [3.8, 4) is 0 Å². The summed E-state index contributed by atoms with van der Waals surface area (Å²) in [5.41, 5.74) is 3.86. The number of hydrogen-bond donors (Lipinski definition) is 1. The van der Waals surface area contributed by atoms with Gasteiger partial charge in [-0.1, -0.05) is 29.4 Å². The summed E-state index contributed by atoms with van der Waals surface area (Å²) in [7, 11) is 0. The van der Waals surface area contributed by atoms with E-state index < -0.39 is 0 Å². The van der Waals surface area contributed by atoms with E-state index in [1.807, 2.05) is 0 Å². The Bertz CT molecular complexity index is 820. The molecular formula is C24H32N4O2. The van der Waals surface area contributed by atoms with Gasteiger partial charge in [0.1, 0.15) is 12.0 Å². The minimum absolute atomic E-state index is 0.0908. The molecule has 0 bridgehead atoms. The summed E-state index contributed by atoms with van der Waals surface area (Å²) in [5, 5.41) is 6.90. The number of fused-ring (bicyclic) bond motifs is 1. The molecule has 5 rings (SSSR count). The largest absolute Gasteiger partial charge is 0.364 e. The van der Waals surface area contributed by atoms with Crippen molar-refractivity contribution in [2.24, 2.45) is 5.92 Å². The van der Waals surface area contributed by atoms with Crippen LogP contribution in [0.2, 0.25) is 0 Å². The summed E-state index contributed by atoms with van der Waals surface area (Å²) in [6, 6.07) is 12.0. The average molecular weight is 409 g/mol. The Balaban J connectivity index is 1.10. The van der Waals surface area contributed by atoms with Crippen LogP contribution < -0.4 is 5.32 Å². The van der Waals surface area contributed by atoms with Crippen LogP contribution in [0.15, 0.2) is 41.1 Å². The lowest BCUT2D eigenvalue weighted by Crippen LogP contribution is -2.52. The molecule has 2 saturated heterocycles. The fourth-order valence-corrected chi connectivity index (χ4v) is 5.61. The molecule has 1 aromatic carbocycles. The molecular weight excluding hydrogens is 376 g/mol. The molecule has 1 aromatic heterocycles. The van der Waals surface area contributed by atoms with Crippen LogP contribution in [0, 0.1) is 5.92 Å². The first-order valence-corrected chi connectivity index (χ1v) is 11.5. The quantitative estimate of drug-likeness (QED) is 0.824. The summed E-state index contributed by atoms with van der Waals surface area (Å²) < 4.78 is 4.84. The van der Waals surface area contributed by atoms with Crippen LogP contribution in [0.1, 0.15) is 42.5 Å². The Hall–Kier alpha value is -2.18. The number of benzene rings is 1. The van der Waals surface area contributed by atoms with Crippen LogP contribution in [0.25, 0.3) is 0 Å². The van der Waals surface area contributed by atoms with E-state index in [-0.39, 0.29) is 11.8 Å². The van der Waals surface area contributed by atoms with Gasteiger partial charge in [0.15, 0.2) is 0 Å². The molecule has 6 heteroatoms. The van der Waals surface area contributed by atoms with E-state index in [2.05, 4.69) is 44.5 Å². The molecule has 0 spiro atoms. The predicted molar refractivity (Wildman–Crippen MR) is 115 cm³/mol. The summed E-state index contributed by atoms with van der Waals surface area (Å²) >= 11 is 0. The molecule has 1 aliphatic carbocycles. The van der Waals surface area contributed by atoms with Gasteiger partial charge in [0.05, 0.1) is 12.5 Å². The maximum atomic E-state index is 12.7. The topological polar surface area (TPSA) is 61.6 Å². The third-order valence-corrected chi connectivity index (χ3v) is 7.32. The van der Waals surface area contributed by atoms with E-state index >= 15 is 0 Å². The second-order valence-electron chi connectivity index (χ2n) is 9.14. The summed E-state index contributed by atoms with van der Waals surface area (Å²) in [6.07, 6.45) is 8.50. The van der Waals surface area contributed by atoms with Crippen LogP contribution >= 0.6 is 0 Å². The molecule has 6 nitrogen and oxygen atoms in total. The molecule has 3 heterocycles. The SMILES string of the molecule is O=C(NCc1ccon1)[C@@H]1CCCN(C2CCN(C3Cc4ccccc4C3)CC2)C1. The van der Waals surface area contributed by atoms with Crippen molar-refractivity contribution in [2.45, 2.75) is 57.2 Å². The highest BCUT2D eigenvalue weighted by molar-refractivity contribution is 5.78. The van der Waals surface area contributed by atoms with Crippen molar-refractivity contribution in [1.82, 2.24) is 20.3 Å². The molecule has 30 heavy (non-hydrogen) atoms. The van der Waals surface area contributed by atoms with Gasteiger partial charge in [-0.2, -0.15) is 0 Å². The molecule has 2 fully saturated rings. The third kappa shape index (κ3) is 4.30. The maximum absolute atomic E-state index is 12.7. The number of rotatable bonds is 5. The highest BCUT2D eigenvalue weighted by atomic mass is 16.5. The van der Waals surface area contributed by atoms with Gasteiger partial charge in [-0.15, -0.1) is 0 Å². The number of aromatic nitrogens is 1. The number of likely N-dealkylation sites (tertiary alicyclic amines) is 2. The van der Waals surface area contributed by atoms with Crippen molar-refractivity contribution in [3.63, 3.8) is 0 Å². The molecule has 160 valence electrons. The lowest BCUT2D eigenvalue weighted by Gasteiger charge is -2.43. The minimum atomic E-state index is 0.0908. The Labute approximate surface area is 178 Å². The fraction of sp³-hybridized carbons (Fsp3) is 0.583. The standard InChI is InChI=1S/C24H32N4O2/c29-24(25-16-21-9-13-30-26-21)20-6-3-10-28(17-20)22-7-11-27(12-8-22)23-14-18-4-1-2-5-19(18)15-23/h1-2,4-5,9,13,20,22-23H,3,6-8,10-12,14-17H2,(H,25,29)/t20-/m1/s1. The summed E-state index contributed by atoms with van der Waals surface area (Å²) in [6.45, 7) is 4.84. The van der Waals surface area contributed by atoms with Gasteiger partial charge in [-0.25, -0.2) is 0 Å². The van der Waals surface area contributed by atoms with Gasteiger partial charge in [-0.05, 0) is 69.3 Å². The lowest BCUT2D eigenvalue weighted by atomic mass is 9.92. The summed E-state index contributed by atoms with van der Waals surface area (Å²) in [4.78, 5) is 17.9. The Morgan fingerprint density at radius 3 is 2.47 bits per heavy atom. The zero-order chi connectivity index (χ0) is 20.3. The van der Waals surface area contributed by atoms with E-state index in [9.17, 15) is 4.79 Å². The van der Waals surface area contributed by atoms with Crippen LogP contribution in [0.4, 0.5) is 0 Å². The molecule has 2 aliphatic heterocycles. The number of amides is 1. The molecule has 0 saturated carbocycles. The Morgan fingerprint density at radius 1 is 1.00 bits per heavy atom. The van der Waals surface area contributed by atoms with Gasteiger partial charge in [0.25, 0.3) is 0 Å². The molecule has 0 unspecified atom stereocenters. The maximum Gasteiger partial charge on any atom is 0.224 e. The molecule has 3 aliphatic rings. The van der Waals surface area contributed by atoms with Crippen LogP contribution in [-0.4, -0.2) is 59.1 Å². The van der Waals surface area contributed by atoms with Gasteiger partial charge < -0.3 is 9.84 Å². The normalized spacial score (nSPS) is 24.1. The Morgan fingerprint density at radius 2 is 1.77 bits per heavy atom. The minimum Gasteiger partial charge on any atom is -0.364 e. The second-order valence-corrected chi connectivity index (χ2v) is 9.14. The van der Waals surface area contributed by atoms with E-state index in [4.69, 9.17) is 4.52 Å². The smallest absolute Gasteiger partial charge is 0.224 e. The van der Waals surface area contributed by atoms with Gasteiger partial charge in [0, 0.05) is 24.7 Å². The first-order chi connectivity index (χ1) is 14.8. The molecule has 1 N–H and O–H groups in total. The van der Waals surface area contributed by atoms with Crippen molar-refractivity contribution in [3.05, 3.63) is 53.4 Å². The molecule has 2 aromatic rings. The monoisotopic (exact) mass is 408 g/mol. The number of piperidine rings is 2. The van der Waals surface area contributed by atoms with Crippen LogP contribution in [-0.2, 0) is 24.2 Å². The third-order valence-electron chi connectivity index (χ3n) is 7.32. The molecule has 1 amide bonds. The van der Waals surface area contributed by atoms with Gasteiger partial charge >= 0.3 is 0 Å². The highest BCUT2D eigenvalue weighted by Gasteiger charge is 2.34. The highest BCUT2D eigenvalue weighted by Crippen LogP contribution is 2.29. The number of carbonyl (C=O) groups is 1. The van der Waals surface area contributed by atoms with Crippen molar-refractivity contribution in [2.75, 3.05) is 26.2 Å². The molecule has 1 atom stereocenters. The van der Waals surface area contributed by atoms with Crippen molar-refractivity contribution in [1.29, 1.82) is 0 Å². The van der Waals surface area contributed by atoms with Crippen molar-refractivity contribution >= 4 is 5.91 Å². The van der Waals surface area contributed by atoms with E-state index in [0.29, 0.717) is 18.6 Å². The fourth-order valence-electron chi connectivity index (χ4n) is 5.61. The zero-order valence-electron chi connectivity index (χ0n) is 17.6. The molecule has 0 radical (unpaired) electrons. The van der Waals surface area contributed by atoms with Crippen molar-refractivity contribution < 1.29 is 9.32 Å². The first-order valence-electron chi connectivity index (χ1n) is 11.5. The first kappa shape index (κ1) is 19.8. The lowest BCUT2D eigenvalue weighted by molar-refractivity contribution is -0.127. The number of nitrogens with zero attached hydrogens (tertiary/aromatic N) is 3. The van der Waals surface area contributed by atoms with Gasteiger partial charge in [0.2, 0.25) is 5.91 Å². The summed E-state index contributed by atoms with van der Waals surface area (Å²) in [5.74, 6) is 0.247. The average Bonchev–Trinajstić information content (AvgIpc) is 3.47.